The normalized spacial score (nSPS) is 12.8. The topological polar surface area (TPSA) is 83.9 Å². The van der Waals surface area contributed by atoms with Gasteiger partial charge in [-0.05, 0) is 43.2 Å². The molecule has 2 aromatic rings. The van der Waals surface area contributed by atoms with Crippen LogP contribution >= 0.6 is 11.6 Å². The van der Waals surface area contributed by atoms with Gasteiger partial charge in [0.2, 0.25) is 10.0 Å². The number of ether oxygens (including phenoxy) is 1. The van der Waals surface area contributed by atoms with Crippen LogP contribution < -0.4 is 4.74 Å². The number of halogens is 1. The lowest BCUT2D eigenvalue weighted by Crippen LogP contribution is -2.43. The molecular formula is C18H20ClNO5S. The minimum Gasteiger partial charge on any atom is -0.495 e. The second-order valence-electron chi connectivity index (χ2n) is 5.86. The number of likely N-dealkylation sites (N-methyl/N-ethyl adjacent to an activating group) is 1. The first-order chi connectivity index (χ1) is 12.2. The van der Waals surface area contributed by atoms with Crippen molar-refractivity contribution < 1.29 is 23.1 Å². The number of nitrogens with zero attached hydrogens (tertiary/aromatic N) is 1. The molecule has 0 aliphatic carbocycles. The molecule has 1 N–H and O–H groups in total. The lowest BCUT2D eigenvalue weighted by atomic mass is 10.1. The summed E-state index contributed by atoms with van der Waals surface area (Å²) in [7, 11) is -1.21. The zero-order valence-electron chi connectivity index (χ0n) is 14.6. The standard InChI is InChI=1S/C18H20ClNO5S/c1-12-4-7-14(8-5-12)26(23,24)20(2)16(18(21)22)11-13-6-9-17(25-3)15(19)10-13/h4-10,16H,11H2,1-3H3,(H,21,22)/t16-/m0/s1. The smallest absolute Gasteiger partial charge is 0.322 e. The van der Waals surface area contributed by atoms with Gasteiger partial charge in [0, 0.05) is 7.05 Å². The van der Waals surface area contributed by atoms with Crippen molar-refractivity contribution in [3.8, 4) is 5.75 Å². The van der Waals surface area contributed by atoms with Crippen LogP contribution in [-0.2, 0) is 21.2 Å². The van der Waals surface area contributed by atoms with Gasteiger partial charge >= 0.3 is 5.97 Å². The average molecular weight is 398 g/mol. The van der Waals surface area contributed by atoms with Gasteiger partial charge in [-0.25, -0.2) is 8.42 Å². The molecule has 2 aromatic carbocycles. The Morgan fingerprint density at radius 2 is 1.85 bits per heavy atom. The van der Waals surface area contributed by atoms with E-state index in [-0.39, 0.29) is 11.3 Å². The lowest BCUT2D eigenvalue weighted by molar-refractivity contribution is -0.141. The molecule has 26 heavy (non-hydrogen) atoms. The first kappa shape index (κ1) is 20.2. The van der Waals surface area contributed by atoms with Gasteiger partial charge in [-0.1, -0.05) is 35.4 Å². The molecule has 2 rings (SSSR count). The predicted octanol–water partition coefficient (Wildman–Crippen LogP) is 2.97. The third-order valence-electron chi connectivity index (χ3n) is 4.07. The van der Waals surface area contributed by atoms with Crippen molar-refractivity contribution in [2.24, 2.45) is 0 Å². The van der Waals surface area contributed by atoms with Crippen molar-refractivity contribution in [1.29, 1.82) is 0 Å². The van der Waals surface area contributed by atoms with Crippen molar-refractivity contribution in [3.05, 3.63) is 58.6 Å². The fourth-order valence-electron chi connectivity index (χ4n) is 2.48. The van der Waals surface area contributed by atoms with Crippen LogP contribution in [0.15, 0.2) is 47.4 Å². The van der Waals surface area contributed by atoms with Gasteiger partial charge in [-0.2, -0.15) is 4.31 Å². The molecule has 0 unspecified atom stereocenters. The van der Waals surface area contributed by atoms with E-state index >= 15 is 0 Å². The summed E-state index contributed by atoms with van der Waals surface area (Å²) in [5, 5.41) is 9.90. The van der Waals surface area contributed by atoms with E-state index in [1.54, 1.807) is 30.3 Å². The fraction of sp³-hybridized carbons (Fsp3) is 0.278. The minimum absolute atomic E-state index is 0.0271. The maximum Gasteiger partial charge on any atom is 0.322 e. The molecule has 0 aliphatic heterocycles. The Kier molecular flexibility index (Phi) is 6.28. The van der Waals surface area contributed by atoms with Crippen LogP contribution in [0.25, 0.3) is 0 Å². The van der Waals surface area contributed by atoms with Crippen LogP contribution in [0, 0.1) is 6.92 Å². The summed E-state index contributed by atoms with van der Waals surface area (Å²) >= 11 is 6.07. The van der Waals surface area contributed by atoms with Crippen molar-refractivity contribution >= 4 is 27.6 Å². The SMILES string of the molecule is COc1ccc(C[C@@H](C(=O)O)N(C)S(=O)(=O)c2ccc(C)cc2)cc1Cl. The monoisotopic (exact) mass is 397 g/mol. The molecule has 0 bridgehead atoms. The largest absolute Gasteiger partial charge is 0.495 e. The molecule has 0 spiro atoms. The molecule has 0 amide bonds. The van der Waals surface area contributed by atoms with Crippen LogP contribution in [0.4, 0.5) is 0 Å². The Bertz CT molecular complexity index is 896. The van der Waals surface area contributed by atoms with Gasteiger partial charge in [-0.3, -0.25) is 4.79 Å². The van der Waals surface area contributed by atoms with Crippen LogP contribution in [0.1, 0.15) is 11.1 Å². The summed E-state index contributed by atoms with van der Waals surface area (Å²) in [4.78, 5) is 11.8. The Morgan fingerprint density at radius 3 is 2.35 bits per heavy atom. The molecule has 6 nitrogen and oxygen atoms in total. The number of carboxylic acids is 1. The first-order valence-electron chi connectivity index (χ1n) is 7.76. The molecule has 1 atom stereocenters. The number of rotatable bonds is 7. The van der Waals surface area contributed by atoms with Crippen molar-refractivity contribution in [3.63, 3.8) is 0 Å². The van der Waals surface area contributed by atoms with E-state index in [1.807, 2.05) is 6.92 Å². The molecule has 0 fully saturated rings. The van der Waals surface area contributed by atoms with Crippen LogP contribution in [0.2, 0.25) is 5.02 Å². The number of aryl methyl sites for hydroxylation is 1. The molecule has 0 saturated carbocycles. The summed E-state index contributed by atoms with van der Waals surface area (Å²) in [6.45, 7) is 1.84. The van der Waals surface area contributed by atoms with Gasteiger partial charge in [0.1, 0.15) is 11.8 Å². The highest BCUT2D eigenvalue weighted by molar-refractivity contribution is 7.89. The first-order valence-corrected chi connectivity index (χ1v) is 9.58. The maximum absolute atomic E-state index is 12.8. The molecule has 0 radical (unpaired) electrons. The summed E-state index contributed by atoms with van der Waals surface area (Å²) < 4.78 is 31.5. The number of carbonyl (C=O) groups is 1. The van der Waals surface area contributed by atoms with E-state index in [2.05, 4.69) is 0 Å². The molecule has 8 heteroatoms. The van der Waals surface area contributed by atoms with E-state index in [9.17, 15) is 18.3 Å². The summed E-state index contributed by atoms with van der Waals surface area (Å²) in [5.74, 6) is -0.780. The molecule has 0 heterocycles. The van der Waals surface area contributed by atoms with Crippen molar-refractivity contribution in [1.82, 2.24) is 4.31 Å². The summed E-state index contributed by atoms with van der Waals surface area (Å²) in [5.41, 5.74) is 1.50. The van der Waals surface area contributed by atoms with Gasteiger partial charge in [-0.15, -0.1) is 0 Å². The molecule has 0 aromatic heterocycles. The summed E-state index contributed by atoms with van der Waals surface area (Å²) in [6.07, 6.45) is -0.0271. The zero-order valence-corrected chi connectivity index (χ0v) is 16.2. The molecule has 140 valence electrons. The number of hydrogen-bond donors (Lipinski definition) is 1. The predicted molar refractivity (Wildman–Crippen MR) is 99.3 cm³/mol. The number of carboxylic acid groups (broad SMARTS) is 1. The van der Waals surface area contributed by atoms with Gasteiger partial charge in [0.15, 0.2) is 0 Å². The van der Waals surface area contributed by atoms with Gasteiger partial charge < -0.3 is 9.84 Å². The van der Waals surface area contributed by atoms with Crippen molar-refractivity contribution in [2.45, 2.75) is 24.3 Å². The number of aliphatic carboxylic acids is 1. The molecular weight excluding hydrogens is 378 g/mol. The average Bonchev–Trinajstić information content (AvgIpc) is 2.59. The number of sulfonamides is 1. The van der Waals surface area contributed by atoms with Crippen LogP contribution in [0.5, 0.6) is 5.75 Å². The third-order valence-corrected chi connectivity index (χ3v) is 6.24. The maximum atomic E-state index is 12.8. The Balaban J connectivity index is 2.32. The number of hydrogen-bond acceptors (Lipinski definition) is 4. The van der Waals surface area contributed by atoms with E-state index in [0.29, 0.717) is 16.3 Å². The minimum atomic E-state index is -3.95. The Hall–Kier alpha value is -2.09. The third kappa shape index (κ3) is 4.35. The highest BCUT2D eigenvalue weighted by atomic mass is 35.5. The Morgan fingerprint density at radius 1 is 1.23 bits per heavy atom. The van der Waals surface area contributed by atoms with E-state index in [1.165, 1.54) is 26.3 Å². The zero-order chi connectivity index (χ0) is 19.5. The van der Waals surface area contributed by atoms with Gasteiger partial charge in [0.25, 0.3) is 0 Å². The second kappa shape index (κ2) is 8.07. The second-order valence-corrected chi connectivity index (χ2v) is 8.27. The quantitative estimate of drug-likeness (QED) is 0.776. The van der Waals surface area contributed by atoms with E-state index < -0.39 is 22.0 Å². The Labute approximate surface area is 158 Å². The van der Waals surface area contributed by atoms with Crippen LogP contribution in [0.3, 0.4) is 0 Å². The highest BCUT2D eigenvalue weighted by Crippen LogP contribution is 2.26. The number of benzene rings is 2. The van der Waals surface area contributed by atoms with Crippen molar-refractivity contribution in [2.75, 3.05) is 14.2 Å². The van der Waals surface area contributed by atoms with Gasteiger partial charge in [0.05, 0.1) is 17.0 Å². The van der Waals surface area contributed by atoms with E-state index in [0.717, 1.165) is 9.87 Å². The fourth-order valence-corrected chi connectivity index (χ4v) is 4.07. The molecule has 0 saturated heterocycles. The lowest BCUT2D eigenvalue weighted by Gasteiger charge is -2.24. The number of methoxy groups -OCH3 is 1. The summed E-state index contributed by atoms with van der Waals surface area (Å²) in [6, 6.07) is 9.83. The highest BCUT2D eigenvalue weighted by Gasteiger charge is 2.33. The molecule has 0 aliphatic rings. The van der Waals surface area contributed by atoms with E-state index in [4.69, 9.17) is 16.3 Å². The van der Waals surface area contributed by atoms with Crippen LogP contribution in [-0.4, -0.2) is 44.0 Å².